The van der Waals surface area contributed by atoms with E-state index in [0.29, 0.717) is 5.92 Å². The Labute approximate surface area is 160 Å². The van der Waals surface area contributed by atoms with Gasteiger partial charge in [-0.05, 0) is 41.7 Å². The maximum atomic E-state index is 4.74. The van der Waals surface area contributed by atoms with E-state index in [2.05, 4.69) is 68.1 Å². The summed E-state index contributed by atoms with van der Waals surface area (Å²) in [6.45, 7) is 5.87. The lowest BCUT2D eigenvalue weighted by Gasteiger charge is -2.23. The number of hydrogen-bond acceptors (Lipinski definition) is 2. The molecule has 0 aliphatic carbocycles. The second-order valence-corrected chi connectivity index (χ2v) is 6.61. The van der Waals surface area contributed by atoms with Gasteiger partial charge in [0.25, 0.3) is 0 Å². The normalized spacial score (nSPS) is 16.6. The van der Waals surface area contributed by atoms with Crippen LogP contribution < -0.4 is 0 Å². The molecule has 4 rings (SSSR count). The first kappa shape index (κ1) is 17.2. The highest BCUT2D eigenvalue weighted by Gasteiger charge is 2.23. The molecule has 2 aromatic carbocycles. The van der Waals surface area contributed by atoms with E-state index in [1.54, 1.807) is 0 Å². The maximum Gasteiger partial charge on any atom is 0.0967 e. The largest absolute Gasteiger partial charge is 0.259 e. The predicted octanol–water partition coefficient (Wildman–Crippen LogP) is 6.78. The summed E-state index contributed by atoms with van der Waals surface area (Å²) in [7, 11) is 0. The monoisotopic (exact) mass is 350 g/mol. The summed E-state index contributed by atoms with van der Waals surface area (Å²) < 4.78 is 0. The Kier molecular flexibility index (Phi) is 4.80. The van der Waals surface area contributed by atoms with Crippen molar-refractivity contribution in [2.24, 2.45) is 4.99 Å². The van der Waals surface area contributed by atoms with Crippen molar-refractivity contribution in [1.29, 1.82) is 0 Å². The van der Waals surface area contributed by atoms with Crippen LogP contribution in [0, 0.1) is 0 Å². The molecule has 3 aromatic rings. The van der Waals surface area contributed by atoms with Gasteiger partial charge in [0.1, 0.15) is 0 Å². The van der Waals surface area contributed by atoms with Crippen molar-refractivity contribution in [3.8, 4) is 11.1 Å². The maximum absolute atomic E-state index is 4.74. The zero-order valence-electron chi connectivity index (χ0n) is 15.5. The Morgan fingerprint density at radius 2 is 1.96 bits per heavy atom. The molecule has 0 radical (unpaired) electrons. The minimum absolute atomic E-state index is 0.297. The number of rotatable bonds is 4. The van der Waals surface area contributed by atoms with Gasteiger partial charge in [-0.1, -0.05) is 73.3 Å². The van der Waals surface area contributed by atoms with Crippen LogP contribution in [0.3, 0.4) is 0 Å². The SMILES string of the molecule is C=C/C=C\C(=C/C)C1CC=Nc2c1ccc1c(-c3ccccc3)ccnc21. The van der Waals surface area contributed by atoms with Crippen molar-refractivity contribution >= 4 is 22.8 Å². The van der Waals surface area contributed by atoms with Crippen LogP contribution in [-0.2, 0) is 0 Å². The lowest BCUT2D eigenvalue weighted by Crippen LogP contribution is -2.07. The first-order valence-electron chi connectivity index (χ1n) is 9.28. The van der Waals surface area contributed by atoms with Crippen molar-refractivity contribution in [2.75, 3.05) is 0 Å². The molecule has 0 saturated heterocycles. The van der Waals surface area contributed by atoms with Gasteiger partial charge in [0.05, 0.1) is 11.2 Å². The summed E-state index contributed by atoms with van der Waals surface area (Å²) in [6.07, 6.45) is 12.9. The van der Waals surface area contributed by atoms with Crippen molar-refractivity contribution in [3.63, 3.8) is 0 Å². The Morgan fingerprint density at radius 1 is 1.11 bits per heavy atom. The Bertz CT molecular complexity index is 1070. The molecule has 0 N–H and O–H groups in total. The Balaban J connectivity index is 1.89. The smallest absolute Gasteiger partial charge is 0.0967 e. The third-order valence-corrected chi connectivity index (χ3v) is 5.10. The molecule has 1 aliphatic rings. The molecule has 1 unspecified atom stereocenters. The molecule has 0 bridgehead atoms. The van der Waals surface area contributed by atoms with Crippen molar-refractivity contribution < 1.29 is 0 Å². The molecule has 2 nitrogen and oxygen atoms in total. The third kappa shape index (κ3) is 3.15. The van der Waals surface area contributed by atoms with E-state index in [1.807, 2.05) is 30.6 Å². The molecule has 2 heteroatoms. The van der Waals surface area contributed by atoms with Crippen LogP contribution in [0.5, 0.6) is 0 Å². The van der Waals surface area contributed by atoms with Gasteiger partial charge in [-0.2, -0.15) is 0 Å². The summed E-state index contributed by atoms with van der Waals surface area (Å²) in [5.74, 6) is 0.297. The molecule has 0 amide bonds. The molecule has 2 heterocycles. The minimum atomic E-state index is 0.297. The van der Waals surface area contributed by atoms with Crippen LogP contribution in [0.15, 0.2) is 96.2 Å². The zero-order valence-corrected chi connectivity index (χ0v) is 15.5. The van der Waals surface area contributed by atoms with Crippen molar-refractivity contribution in [2.45, 2.75) is 19.3 Å². The quantitative estimate of drug-likeness (QED) is 0.476. The summed E-state index contributed by atoms with van der Waals surface area (Å²) >= 11 is 0. The Hall–Kier alpha value is -3.26. The van der Waals surface area contributed by atoms with Crippen LogP contribution in [0.4, 0.5) is 5.69 Å². The second kappa shape index (κ2) is 7.55. The van der Waals surface area contributed by atoms with Gasteiger partial charge in [-0.15, -0.1) is 0 Å². The van der Waals surface area contributed by atoms with E-state index in [9.17, 15) is 0 Å². The van der Waals surface area contributed by atoms with Gasteiger partial charge in [0.15, 0.2) is 0 Å². The molecule has 1 atom stereocenters. The Morgan fingerprint density at radius 3 is 2.74 bits per heavy atom. The lowest BCUT2D eigenvalue weighted by molar-refractivity contribution is 0.850. The van der Waals surface area contributed by atoms with Gasteiger partial charge < -0.3 is 0 Å². The summed E-state index contributed by atoms with van der Waals surface area (Å²) in [5.41, 5.74) is 6.87. The van der Waals surface area contributed by atoms with E-state index in [0.717, 1.165) is 23.0 Å². The highest BCUT2D eigenvalue weighted by atomic mass is 14.8. The van der Waals surface area contributed by atoms with Gasteiger partial charge in [-0.3, -0.25) is 9.98 Å². The van der Waals surface area contributed by atoms with Gasteiger partial charge >= 0.3 is 0 Å². The fraction of sp³-hybridized carbons (Fsp3) is 0.120. The number of aromatic nitrogens is 1. The molecule has 1 aliphatic heterocycles. The number of nitrogens with zero attached hydrogens (tertiary/aromatic N) is 2. The molecule has 27 heavy (non-hydrogen) atoms. The summed E-state index contributed by atoms with van der Waals surface area (Å²) in [6, 6.07) is 16.9. The van der Waals surface area contributed by atoms with Gasteiger partial charge in [-0.25, -0.2) is 0 Å². The first-order chi connectivity index (χ1) is 13.3. The zero-order chi connectivity index (χ0) is 18.6. The average Bonchev–Trinajstić information content (AvgIpc) is 2.74. The van der Waals surface area contributed by atoms with Gasteiger partial charge in [0, 0.05) is 23.7 Å². The second-order valence-electron chi connectivity index (χ2n) is 6.61. The standard InChI is InChI=1S/C25H22N2/c1-3-5-9-18(4-2)20-14-16-26-24-22(20)12-13-23-21(15-17-27-25(23)24)19-10-7-6-8-11-19/h3-13,15-17,20H,1,14H2,2H3/b9-5-,18-4+. The van der Waals surface area contributed by atoms with E-state index < -0.39 is 0 Å². The highest BCUT2D eigenvalue weighted by Crippen LogP contribution is 2.43. The molecule has 0 saturated carbocycles. The number of aliphatic imine (C=N–C) groups is 1. The number of hydrogen-bond donors (Lipinski definition) is 0. The summed E-state index contributed by atoms with van der Waals surface area (Å²) in [4.78, 5) is 9.44. The third-order valence-electron chi connectivity index (χ3n) is 5.10. The number of pyridine rings is 1. The number of allylic oxidation sites excluding steroid dienone is 5. The highest BCUT2D eigenvalue weighted by molar-refractivity contribution is 6.02. The number of fused-ring (bicyclic) bond motifs is 3. The predicted molar refractivity (Wildman–Crippen MR) is 116 cm³/mol. The minimum Gasteiger partial charge on any atom is -0.259 e. The molecular weight excluding hydrogens is 328 g/mol. The van der Waals surface area contributed by atoms with Crippen molar-refractivity contribution in [3.05, 3.63) is 96.7 Å². The van der Waals surface area contributed by atoms with E-state index in [1.165, 1.54) is 22.3 Å². The van der Waals surface area contributed by atoms with E-state index in [-0.39, 0.29) is 0 Å². The van der Waals surface area contributed by atoms with Crippen LogP contribution in [-0.4, -0.2) is 11.2 Å². The van der Waals surface area contributed by atoms with E-state index >= 15 is 0 Å². The van der Waals surface area contributed by atoms with Crippen LogP contribution in [0.25, 0.3) is 22.0 Å². The summed E-state index contributed by atoms with van der Waals surface area (Å²) in [5, 5.41) is 1.14. The number of benzene rings is 2. The fourth-order valence-electron chi connectivity index (χ4n) is 3.79. The molecule has 132 valence electrons. The van der Waals surface area contributed by atoms with E-state index in [4.69, 9.17) is 9.98 Å². The molecular formula is C25H22N2. The molecule has 0 fully saturated rings. The molecule has 1 aromatic heterocycles. The van der Waals surface area contributed by atoms with Crippen LogP contribution >= 0.6 is 0 Å². The van der Waals surface area contributed by atoms with Crippen LogP contribution in [0.1, 0.15) is 24.8 Å². The van der Waals surface area contributed by atoms with Gasteiger partial charge in [0.2, 0.25) is 0 Å². The average molecular weight is 350 g/mol. The van der Waals surface area contributed by atoms with Crippen LogP contribution in [0.2, 0.25) is 0 Å². The molecule has 0 spiro atoms. The fourth-order valence-corrected chi connectivity index (χ4v) is 3.79. The first-order valence-corrected chi connectivity index (χ1v) is 9.28. The van der Waals surface area contributed by atoms with Crippen molar-refractivity contribution in [1.82, 2.24) is 4.98 Å². The lowest BCUT2D eigenvalue weighted by atomic mass is 9.84. The topological polar surface area (TPSA) is 25.2 Å².